The molecule has 4 nitrogen and oxygen atoms in total. The third-order valence-electron chi connectivity index (χ3n) is 4.99. The highest BCUT2D eigenvalue weighted by atomic mass is 19.4. The van der Waals surface area contributed by atoms with Crippen LogP contribution in [0.15, 0.2) is 60.9 Å². The summed E-state index contributed by atoms with van der Waals surface area (Å²) in [6.45, 7) is 0. The summed E-state index contributed by atoms with van der Waals surface area (Å²) in [6.07, 6.45) is 0.731. The van der Waals surface area contributed by atoms with Crippen molar-refractivity contribution in [3.63, 3.8) is 0 Å². The van der Waals surface area contributed by atoms with E-state index in [1.807, 2.05) is 12.1 Å². The van der Waals surface area contributed by atoms with Crippen LogP contribution in [-0.2, 0) is 12.8 Å². The minimum absolute atomic E-state index is 0.0243. The summed E-state index contributed by atoms with van der Waals surface area (Å²) >= 11 is 0. The molecule has 4 rings (SSSR count). The number of benzene rings is 2. The molecule has 1 heterocycles. The van der Waals surface area contributed by atoms with Crippen LogP contribution in [0.2, 0.25) is 0 Å². The van der Waals surface area contributed by atoms with Gasteiger partial charge < -0.3 is 11.1 Å². The van der Waals surface area contributed by atoms with Crippen LogP contribution in [0.4, 0.5) is 19.1 Å². The number of anilines is 1. The Morgan fingerprint density at radius 3 is 2.00 bits per heavy atom. The van der Waals surface area contributed by atoms with Crippen LogP contribution in [0.5, 0.6) is 0 Å². The lowest BCUT2D eigenvalue weighted by Crippen LogP contribution is -2.28. The second-order valence-electron chi connectivity index (χ2n) is 6.95. The summed E-state index contributed by atoms with van der Waals surface area (Å²) in [5.41, 5.74) is 9.40. The van der Waals surface area contributed by atoms with Crippen LogP contribution in [0.1, 0.15) is 22.7 Å². The molecule has 1 atom stereocenters. The number of nitrogens with one attached hydrogen (secondary N) is 1. The molecule has 0 bridgehead atoms. The fourth-order valence-corrected chi connectivity index (χ4v) is 3.47. The van der Waals surface area contributed by atoms with Gasteiger partial charge in [0.05, 0.1) is 0 Å². The first-order valence-corrected chi connectivity index (χ1v) is 8.98. The van der Waals surface area contributed by atoms with E-state index in [2.05, 4.69) is 27.4 Å². The van der Waals surface area contributed by atoms with Gasteiger partial charge in [-0.2, -0.15) is 13.2 Å². The van der Waals surface area contributed by atoms with E-state index in [-0.39, 0.29) is 11.6 Å². The molecule has 1 aromatic heterocycles. The van der Waals surface area contributed by atoms with E-state index in [0.29, 0.717) is 5.95 Å². The van der Waals surface area contributed by atoms with E-state index in [1.54, 1.807) is 24.5 Å². The van der Waals surface area contributed by atoms with E-state index < -0.39 is 12.2 Å². The molecular weight excluding hydrogens is 365 g/mol. The molecule has 7 heteroatoms. The summed E-state index contributed by atoms with van der Waals surface area (Å²) in [5.74, 6) is 0.539. The number of halogens is 3. The van der Waals surface area contributed by atoms with Crippen molar-refractivity contribution in [2.45, 2.75) is 31.1 Å². The van der Waals surface area contributed by atoms with Crippen molar-refractivity contribution in [1.82, 2.24) is 9.97 Å². The zero-order valence-corrected chi connectivity index (χ0v) is 14.9. The van der Waals surface area contributed by atoms with Gasteiger partial charge >= 0.3 is 6.18 Å². The summed E-state index contributed by atoms with van der Waals surface area (Å²) in [6, 6.07) is 12.6. The Kier molecular flexibility index (Phi) is 4.77. The monoisotopic (exact) mass is 384 g/mol. The quantitative estimate of drug-likeness (QED) is 0.705. The zero-order valence-electron chi connectivity index (χ0n) is 14.9. The Morgan fingerprint density at radius 1 is 0.893 bits per heavy atom. The molecule has 28 heavy (non-hydrogen) atoms. The normalized spacial score (nSPS) is 15.3. The molecule has 1 aliphatic carbocycles. The molecule has 3 N–H and O–H groups in total. The third kappa shape index (κ3) is 3.84. The number of rotatable bonds is 4. The van der Waals surface area contributed by atoms with Gasteiger partial charge in [0.25, 0.3) is 0 Å². The molecule has 0 saturated carbocycles. The second kappa shape index (κ2) is 7.24. The van der Waals surface area contributed by atoms with Crippen molar-refractivity contribution in [3.05, 3.63) is 77.6 Å². The van der Waals surface area contributed by atoms with Gasteiger partial charge in [-0.1, -0.05) is 48.5 Å². The molecule has 1 aliphatic rings. The molecule has 2 aromatic carbocycles. The Hall–Kier alpha value is -2.93. The third-order valence-corrected chi connectivity index (χ3v) is 4.99. The molecule has 0 aliphatic heterocycles. The highest BCUT2D eigenvalue weighted by molar-refractivity contribution is 5.62. The molecule has 3 aromatic rings. The molecule has 0 amide bonds. The maximum atomic E-state index is 12.7. The van der Waals surface area contributed by atoms with Crippen molar-refractivity contribution in [3.8, 4) is 11.1 Å². The van der Waals surface area contributed by atoms with Gasteiger partial charge in [-0.3, -0.25) is 0 Å². The average molecular weight is 384 g/mol. The Labute approximate surface area is 160 Å². The summed E-state index contributed by atoms with van der Waals surface area (Å²) in [7, 11) is 0. The summed E-state index contributed by atoms with van der Waals surface area (Å²) in [4.78, 5) is 8.70. The summed E-state index contributed by atoms with van der Waals surface area (Å²) in [5, 5.41) is 3.34. The number of nitrogens with two attached hydrogens (primary N) is 1. The van der Waals surface area contributed by atoms with Crippen LogP contribution in [0.3, 0.4) is 0 Å². The molecule has 0 radical (unpaired) electrons. The van der Waals surface area contributed by atoms with Crippen molar-refractivity contribution < 1.29 is 13.2 Å². The fourth-order valence-electron chi connectivity index (χ4n) is 3.47. The topological polar surface area (TPSA) is 63.8 Å². The summed E-state index contributed by atoms with van der Waals surface area (Å²) < 4.78 is 38.1. The Balaban J connectivity index is 1.42. The van der Waals surface area contributed by atoms with Crippen LogP contribution in [-0.4, -0.2) is 22.2 Å². The minimum Gasteiger partial charge on any atom is -0.351 e. The van der Waals surface area contributed by atoms with E-state index in [4.69, 9.17) is 5.73 Å². The Morgan fingerprint density at radius 2 is 1.46 bits per heavy atom. The predicted octanol–water partition coefficient (Wildman–Crippen LogP) is 4.29. The lowest BCUT2D eigenvalue weighted by Gasteiger charge is -2.16. The van der Waals surface area contributed by atoms with Crippen molar-refractivity contribution in [2.24, 2.45) is 5.73 Å². The number of nitrogens with zero attached hydrogens (tertiary/aromatic N) is 2. The standard InChI is InChI=1S/C21H19F3N4/c22-21(23,24)19(25)14-7-5-13(6-8-14)17-11-26-20(27-12-17)28-18-9-15-3-1-2-4-16(15)10-18/h1-8,11-12,18-19H,9-10,25H2,(H,26,27,28)/t19-/m1/s1. The van der Waals surface area contributed by atoms with Gasteiger partial charge in [0.15, 0.2) is 0 Å². The van der Waals surface area contributed by atoms with Gasteiger partial charge in [-0.25, -0.2) is 9.97 Å². The highest BCUT2D eigenvalue weighted by Crippen LogP contribution is 2.31. The van der Waals surface area contributed by atoms with E-state index in [0.717, 1.165) is 24.0 Å². The molecule has 144 valence electrons. The molecule has 0 saturated heterocycles. The average Bonchev–Trinajstić information content (AvgIpc) is 3.10. The zero-order chi connectivity index (χ0) is 19.7. The van der Waals surface area contributed by atoms with Crippen LogP contribution in [0.25, 0.3) is 11.1 Å². The van der Waals surface area contributed by atoms with Crippen LogP contribution >= 0.6 is 0 Å². The predicted molar refractivity (Wildman–Crippen MR) is 102 cm³/mol. The van der Waals surface area contributed by atoms with Gasteiger partial charge in [0.1, 0.15) is 6.04 Å². The largest absolute Gasteiger partial charge is 0.407 e. The van der Waals surface area contributed by atoms with Gasteiger partial charge in [0.2, 0.25) is 5.95 Å². The number of fused-ring (bicyclic) bond motifs is 1. The smallest absolute Gasteiger partial charge is 0.351 e. The van der Waals surface area contributed by atoms with E-state index in [1.165, 1.54) is 23.3 Å². The number of aromatic nitrogens is 2. The lowest BCUT2D eigenvalue weighted by atomic mass is 10.0. The number of hydrogen-bond donors (Lipinski definition) is 2. The maximum Gasteiger partial charge on any atom is 0.407 e. The van der Waals surface area contributed by atoms with E-state index in [9.17, 15) is 13.2 Å². The molecule has 0 unspecified atom stereocenters. The van der Waals surface area contributed by atoms with Crippen molar-refractivity contribution in [2.75, 3.05) is 5.32 Å². The lowest BCUT2D eigenvalue weighted by molar-refractivity contribution is -0.149. The molecule has 0 fully saturated rings. The van der Waals surface area contributed by atoms with Crippen molar-refractivity contribution >= 4 is 5.95 Å². The van der Waals surface area contributed by atoms with Crippen molar-refractivity contribution in [1.29, 1.82) is 0 Å². The van der Waals surface area contributed by atoms with Crippen LogP contribution < -0.4 is 11.1 Å². The van der Waals surface area contributed by atoms with Gasteiger partial charge in [-0.05, 0) is 35.1 Å². The number of hydrogen-bond acceptors (Lipinski definition) is 4. The molecule has 0 spiro atoms. The maximum absolute atomic E-state index is 12.7. The fraction of sp³-hybridized carbons (Fsp3) is 0.238. The minimum atomic E-state index is -4.46. The number of alkyl halides is 3. The van der Waals surface area contributed by atoms with Gasteiger partial charge in [0, 0.05) is 24.0 Å². The van der Waals surface area contributed by atoms with E-state index >= 15 is 0 Å². The Bertz CT molecular complexity index is 928. The second-order valence-corrected chi connectivity index (χ2v) is 6.95. The first-order chi connectivity index (χ1) is 13.4. The first kappa shape index (κ1) is 18.4. The highest BCUT2D eigenvalue weighted by Gasteiger charge is 2.37. The first-order valence-electron chi connectivity index (χ1n) is 8.98. The van der Waals surface area contributed by atoms with Crippen LogP contribution in [0, 0.1) is 0 Å². The SMILES string of the molecule is N[C@H](c1ccc(-c2cnc(NC3Cc4ccccc4C3)nc2)cc1)C(F)(F)F. The van der Waals surface area contributed by atoms with Gasteiger partial charge in [-0.15, -0.1) is 0 Å². The molecular formula is C21H19F3N4.